The number of aliphatic hydroxyl groups excluding tert-OH is 2. The molecule has 3 heteroatoms. The molecular formula is C24H51NO2. The predicted molar refractivity (Wildman–Crippen MR) is 119 cm³/mol. The fourth-order valence-corrected chi connectivity index (χ4v) is 3.96. The van der Waals surface area contributed by atoms with E-state index >= 15 is 0 Å². The van der Waals surface area contributed by atoms with E-state index in [-0.39, 0.29) is 19.3 Å². The Balaban J connectivity index is 3.82. The van der Waals surface area contributed by atoms with Gasteiger partial charge in [0, 0.05) is 12.6 Å². The van der Waals surface area contributed by atoms with Crippen molar-refractivity contribution in [2.24, 2.45) is 0 Å². The van der Waals surface area contributed by atoms with Gasteiger partial charge in [0.2, 0.25) is 0 Å². The summed E-state index contributed by atoms with van der Waals surface area (Å²) in [6.07, 6.45) is 22.4. The normalized spacial score (nSPS) is 12.8. The number of nitrogens with zero attached hydrogens (tertiary/aromatic N) is 1. The van der Waals surface area contributed by atoms with Gasteiger partial charge in [0.25, 0.3) is 0 Å². The van der Waals surface area contributed by atoms with Crippen LogP contribution in [0.5, 0.6) is 0 Å². The summed E-state index contributed by atoms with van der Waals surface area (Å²) in [4.78, 5) is 2.33. The molecule has 0 aromatic rings. The number of hydrogen-bond donors (Lipinski definition) is 2. The zero-order chi connectivity index (χ0) is 20.0. The minimum Gasteiger partial charge on any atom is -0.395 e. The molecule has 0 radical (unpaired) electrons. The van der Waals surface area contributed by atoms with E-state index in [0.29, 0.717) is 6.54 Å². The van der Waals surface area contributed by atoms with E-state index in [1.54, 1.807) is 0 Å². The molecular weight excluding hydrogens is 334 g/mol. The average Bonchev–Trinajstić information content (AvgIpc) is 2.68. The topological polar surface area (TPSA) is 43.7 Å². The fourth-order valence-electron chi connectivity index (χ4n) is 3.96. The predicted octanol–water partition coefficient (Wildman–Crippen LogP) is 6.31. The Labute approximate surface area is 170 Å². The second kappa shape index (κ2) is 22.2. The summed E-state index contributed by atoms with van der Waals surface area (Å²) in [5.41, 5.74) is 0. The Hall–Kier alpha value is -0.120. The molecule has 0 rings (SSSR count). The molecule has 0 aliphatic rings. The van der Waals surface area contributed by atoms with Crippen molar-refractivity contribution < 1.29 is 10.2 Å². The third-order valence-corrected chi connectivity index (χ3v) is 5.80. The van der Waals surface area contributed by atoms with Crippen LogP contribution < -0.4 is 0 Å². The Morgan fingerprint density at radius 2 is 1.00 bits per heavy atom. The van der Waals surface area contributed by atoms with E-state index in [0.717, 1.165) is 13.0 Å². The number of rotatable bonds is 22. The molecule has 0 saturated carbocycles. The van der Waals surface area contributed by atoms with Crippen LogP contribution in [0.25, 0.3) is 0 Å². The van der Waals surface area contributed by atoms with Gasteiger partial charge in [0.05, 0.1) is 13.2 Å². The van der Waals surface area contributed by atoms with Gasteiger partial charge in [-0.1, -0.05) is 110 Å². The van der Waals surface area contributed by atoms with Crippen LogP contribution in [0.2, 0.25) is 0 Å². The van der Waals surface area contributed by atoms with Crippen LogP contribution in [0, 0.1) is 0 Å². The van der Waals surface area contributed by atoms with Gasteiger partial charge in [-0.3, -0.25) is 4.90 Å². The lowest BCUT2D eigenvalue weighted by Crippen LogP contribution is -2.40. The van der Waals surface area contributed by atoms with Crippen LogP contribution >= 0.6 is 0 Å². The first-order chi connectivity index (χ1) is 13.3. The Bertz CT molecular complexity index is 273. The maximum atomic E-state index is 9.82. The molecule has 27 heavy (non-hydrogen) atoms. The van der Waals surface area contributed by atoms with Crippen LogP contribution in [0.4, 0.5) is 0 Å². The van der Waals surface area contributed by atoms with Crippen molar-refractivity contribution in [1.82, 2.24) is 4.90 Å². The number of aliphatic hydroxyl groups is 2. The van der Waals surface area contributed by atoms with Crippen LogP contribution in [0.1, 0.15) is 123 Å². The molecule has 0 saturated heterocycles. The zero-order valence-corrected chi connectivity index (χ0v) is 18.8. The zero-order valence-electron chi connectivity index (χ0n) is 18.8. The van der Waals surface area contributed by atoms with Crippen molar-refractivity contribution in [3.8, 4) is 0 Å². The molecule has 3 nitrogen and oxygen atoms in total. The molecule has 0 amide bonds. The van der Waals surface area contributed by atoms with Crippen molar-refractivity contribution in [2.75, 3.05) is 26.3 Å². The van der Waals surface area contributed by atoms with E-state index in [1.165, 1.54) is 103 Å². The number of hydrogen-bond acceptors (Lipinski definition) is 3. The molecule has 0 aliphatic carbocycles. The van der Waals surface area contributed by atoms with Crippen molar-refractivity contribution in [2.45, 2.75) is 129 Å². The van der Waals surface area contributed by atoms with Gasteiger partial charge in [0.15, 0.2) is 0 Å². The first-order valence-electron chi connectivity index (χ1n) is 12.3. The third kappa shape index (κ3) is 17.7. The lowest BCUT2D eigenvalue weighted by atomic mass is 10.0. The van der Waals surface area contributed by atoms with Crippen molar-refractivity contribution >= 4 is 0 Å². The highest BCUT2D eigenvalue weighted by atomic mass is 16.3. The van der Waals surface area contributed by atoms with Gasteiger partial charge in [-0.25, -0.2) is 0 Å². The molecule has 164 valence electrons. The van der Waals surface area contributed by atoms with Gasteiger partial charge in [0.1, 0.15) is 0 Å². The highest BCUT2D eigenvalue weighted by molar-refractivity contribution is 4.71. The molecule has 0 fully saturated rings. The van der Waals surface area contributed by atoms with Gasteiger partial charge in [-0.15, -0.1) is 0 Å². The summed E-state index contributed by atoms with van der Waals surface area (Å²) in [6, 6.07) is 0.238. The van der Waals surface area contributed by atoms with Crippen molar-refractivity contribution in [1.29, 1.82) is 0 Å². The fraction of sp³-hybridized carbons (Fsp3) is 1.00. The minimum atomic E-state index is 0.199. The van der Waals surface area contributed by atoms with Gasteiger partial charge in [-0.05, 0) is 19.4 Å². The molecule has 1 atom stereocenters. The highest BCUT2D eigenvalue weighted by Crippen LogP contribution is 2.15. The van der Waals surface area contributed by atoms with E-state index in [9.17, 15) is 10.2 Å². The second-order valence-corrected chi connectivity index (χ2v) is 8.33. The summed E-state index contributed by atoms with van der Waals surface area (Å²) < 4.78 is 0. The molecule has 2 N–H and O–H groups in total. The van der Waals surface area contributed by atoms with Crippen LogP contribution in [-0.2, 0) is 0 Å². The summed E-state index contributed by atoms with van der Waals surface area (Å²) in [5, 5.41) is 19.2. The van der Waals surface area contributed by atoms with E-state index in [1.807, 2.05) is 0 Å². The molecule has 0 spiro atoms. The quantitative estimate of drug-likeness (QED) is 0.214. The Morgan fingerprint density at radius 3 is 1.44 bits per heavy atom. The summed E-state index contributed by atoms with van der Waals surface area (Å²) in [5.74, 6) is 0. The van der Waals surface area contributed by atoms with Crippen LogP contribution in [0.3, 0.4) is 0 Å². The largest absolute Gasteiger partial charge is 0.395 e. The summed E-state index contributed by atoms with van der Waals surface area (Å²) in [6.45, 7) is 6.69. The maximum absolute atomic E-state index is 9.82. The second-order valence-electron chi connectivity index (χ2n) is 8.33. The Kier molecular flexibility index (Phi) is 22.1. The molecule has 0 heterocycles. The molecule has 0 aliphatic heterocycles. The third-order valence-electron chi connectivity index (χ3n) is 5.80. The monoisotopic (exact) mass is 385 g/mol. The average molecular weight is 386 g/mol. The lowest BCUT2D eigenvalue weighted by molar-refractivity contribution is 0.0926. The van der Waals surface area contributed by atoms with Gasteiger partial charge in [-0.2, -0.15) is 0 Å². The van der Waals surface area contributed by atoms with E-state index in [2.05, 4.69) is 18.7 Å². The number of unbranched alkanes of at least 4 members (excludes halogenated alkanes) is 14. The standard InChI is InChI=1S/C24H51NO2/c1-3-5-7-9-11-13-15-17-19-24(23-27)25(21-22-26)20-18-16-14-12-10-8-6-4-2/h24,26-27H,3-23H2,1-2H3. The smallest absolute Gasteiger partial charge is 0.0586 e. The maximum Gasteiger partial charge on any atom is 0.0586 e. The van der Waals surface area contributed by atoms with Gasteiger partial charge >= 0.3 is 0 Å². The van der Waals surface area contributed by atoms with Crippen LogP contribution in [-0.4, -0.2) is 47.5 Å². The van der Waals surface area contributed by atoms with Crippen molar-refractivity contribution in [3.05, 3.63) is 0 Å². The summed E-state index contributed by atoms with van der Waals surface area (Å²) in [7, 11) is 0. The molecule has 0 aromatic carbocycles. The van der Waals surface area contributed by atoms with E-state index < -0.39 is 0 Å². The SMILES string of the molecule is CCCCCCCCCCC(CO)N(CCO)CCCCCCCCCC. The first-order valence-corrected chi connectivity index (χ1v) is 12.3. The molecule has 0 bridgehead atoms. The van der Waals surface area contributed by atoms with Crippen molar-refractivity contribution in [3.63, 3.8) is 0 Å². The van der Waals surface area contributed by atoms with Crippen LogP contribution in [0.15, 0.2) is 0 Å². The Morgan fingerprint density at radius 1 is 0.556 bits per heavy atom. The highest BCUT2D eigenvalue weighted by Gasteiger charge is 2.16. The molecule has 1 unspecified atom stereocenters. The van der Waals surface area contributed by atoms with E-state index in [4.69, 9.17) is 0 Å². The first kappa shape index (κ1) is 26.9. The minimum absolute atomic E-state index is 0.199. The van der Waals surface area contributed by atoms with Gasteiger partial charge < -0.3 is 10.2 Å². The summed E-state index contributed by atoms with van der Waals surface area (Å²) >= 11 is 0. The molecule has 0 aromatic heterocycles. The lowest BCUT2D eigenvalue weighted by Gasteiger charge is -2.30.